The highest BCUT2D eigenvalue weighted by Gasteiger charge is 2.23. The molecule has 0 fully saturated rings. The molecule has 0 aliphatic heterocycles. The van der Waals surface area contributed by atoms with E-state index in [9.17, 15) is 14.9 Å². The van der Waals surface area contributed by atoms with E-state index in [1.807, 2.05) is 19.0 Å². The van der Waals surface area contributed by atoms with E-state index >= 15 is 0 Å². The number of carbonyl (C=O) groups is 1. The van der Waals surface area contributed by atoms with Crippen molar-refractivity contribution in [2.75, 3.05) is 26.0 Å². The van der Waals surface area contributed by atoms with Gasteiger partial charge in [0.1, 0.15) is 5.69 Å². The maximum absolute atomic E-state index is 12.9. The zero-order valence-corrected chi connectivity index (χ0v) is 16.9. The molecule has 1 aromatic carbocycles. The van der Waals surface area contributed by atoms with Gasteiger partial charge in [0.15, 0.2) is 0 Å². The van der Waals surface area contributed by atoms with Gasteiger partial charge in [0, 0.05) is 23.5 Å². The first-order chi connectivity index (χ1) is 14.5. The van der Waals surface area contributed by atoms with Crippen molar-refractivity contribution < 1.29 is 9.72 Å². The smallest absolute Gasteiger partial charge is 0.314 e. The van der Waals surface area contributed by atoms with E-state index in [1.165, 1.54) is 0 Å². The monoisotopic (exact) mass is 405 g/mol. The van der Waals surface area contributed by atoms with Gasteiger partial charge in [-0.25, -0.2) is 4.98 Å². The molecule has 0 atom stereocenters. The molecule has 154 valence electrons. The summed E-state index contributed by atoms with van der Waals surface area (Å²) in [6.07, 6.45) is 4.43. The highest BCUT2D eigenvalue weighted by atomic mass is 16.6. The Balaban J connectivity index is 1.93. The molecule has 0 amide bonds. The summed E-state index contributed by atoms with van der Waals surface area (Å²) in [6.45, 7) is 0.823. The number of nitro groups is 1. The van der Waals surface area contributed by atoms with Crippen LogP contribution in [0.2, 0.25) is 0 Å². The summed E-state index contributed by atoms with van der Waals surface area (Å²) in [6, 6.07) is 13.6. The lowest BCUT2D eigenvalue weighted by Crippen LogP contribution is -2.14. The summed E-state index contributed by atoms with van der Waals surface area (Å²) in [5.74, 6) is -0.160. The number of hydrogen-bond donors (Lipinski definition) is 1. The van der Waals surface area contributed by atoms with Gasteiger partial charge in [-0.15, -0.1) is 0 Å². The summed E-state index contributed by atoms with van der Waals surface area (Å²) >= 11 is 0. The van der Waals surface area contributed by atoms with Crippen LogP contribution in [0.25, 0.3) is 0 Å². The van der Waals surface area contributed by atoms with Crippen LogP contribution in [-0.4, -0.2) is 46.2 Å². The Hall–Kier alpha value is -3.65. The second-order valence-electron chi connectivity index (χ2n) is 7.05. The van der Waals surface area contributed by atoms with Crippen molar-refractivity contribution in [3.8, 4) is 0 Å². The third-order valence-electron chi connectivity index (χ3n) is 4.56. The summed E-state index contributed by atoms with van der Waals surface area (Å²) in [7, 11) is 3.92. The van der Waals surface area contributed by atoms with Gasteiger partial charge in [0.2, 0.25) is 11.6 Å². The van der Waals surface area contributed by atoms with Crippen LogP contribution < -0.4 is 5.32 Å². The fourth-order valence-corrected chi connectivity index (χ4v) is 3.13. The average molecular weight is 405 g/mol. The first-order valence-electron chi connectivity index (χ1n) is 9.56. The van der Waals surface area contributed by atoms with E-state index in [4.69, 9.17) is 0 Å². The molecule has 0 aliphatic rings. The Kier molecular flexibility index (Phi) is 6.82. The molecule has 0 spiro atoms. The van der Waals surface area contributed by atoms with Crippen molar-refractivity contribution in [1.29, 1.82) is 0 Å². The van der Waals surface area contributed by atoms with E-state index in [0.29, 0.717) is 28.9 Å². The van der Waals surface area contributed by atoms with Gasteiger partial charge in [-0.3, -0.25) is 19.9 Å². The van der Waals surface area contributed by atoms with Gasteiger partial charge in [0.05, 0.1) is 10.6 Å². The van der Waals surface area contributed by atoms with Crippen LogP contribution in [0.4, 0.5) is 17.2 Å². The Morgan fingerprint density at radius 3 is 2.53 bits per heavy atom. The highest BCUT2D eigenvalue weighted by Crippen LogP contribution is 2.31. The van der Waals surface area contributed by atoms with Crippen LogP contribution in [0.3, 0.4) is 0 Å². The quantitative estimate of drug-likeness (QED) is 0.328. The first-order valence-corrected chi connectivity index (χ1v) is 9.56. The van der Waals surface area contributed by atoms with Crippen molar-refractivity contribution in [2.45, 2.75) is 12.8 Å². The molecule has 0 saturated heterocycles. The molecular formula is C22H23N5O3. The Labute approximate surface area is 174 Å². The van der Waals surface area contributed by atoms with Crippen LogP contribution in [-0.2, 0) is 6.42 Å². The number of aryl methyl sites for hydroxylation is 1. The number of anilines is 2. The number of aromatic nitrogens is 2. The molecule has 0 bridgehead atoms. The molecule has 0 saturated carbocycles. The highest BCUT2D eigenvalue weighted by molar-refractivity contribution is 6.11. The van der Waals surface area contributed by atoms with Crippen molar-refractivity contribution >= 4 is 23.0 Å². The lowest BCUT2D eigenvalue weighted by Gasteiger charge is -2.13. The van der Waals surface area contributed by atoms with Crippen molar-refractivity contribution in [1.82, 2.24) is 14.9 Å². The van der Waals surface area contributed by atoms with Crippen molar-refractivity contribution in [3.63, 3.8) is 0 Å². The number of hydrogen-bond acceptors (Lipinski definition) is 7. The number of carbonyl (C=O) groups excluding carboxylic acids is 1. The van der Waals surface area contributed by atoms with E-state index in [1.54, 1.807) is 60.9 Å². The largest absolute Gasteiger partial charge is 0.334 e. The summed E-state index contributed by atoms with van der Waals surface area (Å²) in [5.41, 5.74) is 1.63. The minimum absolute atomic E-state index is 0.0728. The molecule has 0 aliphatic carbocycles. The van der Waals surface area contributed by atoms with Gasteiger partial charge < -0.3 is 10.2 Å². The van der Waals surface area contributed by atoms with E-state index in [-0.39, 0.29) is 17.3 Å². The molecule has 3 aromatic rings. The number of para-hydroxylation sites is 1. The van der Waals surface area contributed by atoms with Crippen LogP contribution in [0, 0.1) is 10.1 Å². The Morgan fingerprint density at radius 1 is 1.07 bits per heavy atom. The first kappa shape index (κ1) is 21.1. The Bertz CT molecular complexity index is 1040. The molecule has 0 unspecified atom stereocenters. The molecule has 30 heavy (non-hydrogen) atoms. The number of nitrogens with zero attached hydrogens (tertiary/aromatic N) is 4. The topological polar surface area (TPSA) is 101 Å². The molecule has 8 heteroatoms. The lowest BCUT2D eigenvalue weighted by molar-refractivity contribution is -0.384. The lowest BCUT2D eigenvalue weighted by atomic mass is 10.0. The number of benzene rings is 1. The van der Waals surface area contributed by atoms with Crippen LogP contribution >= 0.6 is 0 Å². The fourth-order valence-electron chi connectivity index (χ4n) is 3.13. The minimum Gasteiger partial charge on any atom is -0.334 e. The molecule has 2 aromatic heterocycles. The maximum Gasteiger partial charge on any atom is 0.314 e. The standard InChI is InChI=1S/C22H23N5O3/c1-26(2)15-7-8-16-12-14-24-22(20(16)27(29)30)25-18-10-4-3-9-17(18)21(28)19-11-5-6-13-23-19/h3-6,9-14H,7-8,15H2,1-2H3,(H,24,25). The second kappa shape index (κ2) is 9.71. The van der Waals surface area contributed by atoms with Gasteiger partial charge >= 0.3 is 5.69 Å². The SMILES string of the molecule is CN(C)CCCc1ccnc(Nc2ccccc2C(=O)c2ccccn2)c1[N+](=O)[O-]. The maximum atomic E-state index is 12.9. The summed E-state index contributed by atoms with van der Waals surface area (Å²) in [4.78, 5) is 34.6. The van der Waals surface area contributed by atoms with Gasteiger partial charge in [-0.2, -0.15) is 0 Å². The summed E-state index contributed by atoms with van der Waals surface area (Å²) < 4.78 is 0. The molecule has 1 N–H and O–H groups in total. The van der Waals surface area contributed by atoms with Crippen LogP contribution in [0.5, 0.6) is 0 Å². The number of nitrogens with one attached hydrogen (secondary N) is 1. The van der Waals surface area contributed by atoms with E-state index in [0.717, 1.165) is 13.0 Å². The molecule has 0 radical (unpaired) electrons. The van der Waals surface area contributed by atoms with Gasteiger partial charge in [-0.05, 0) is 63.8 Å². The predicted octanol–water partition coefficient (Wildman–Crippen LogP) is 3.85. The molecule has 8 nitrogen and oxygen atoms in total. The summed E-state index contributed by atoms with van der Waals surface area (Å²) in [5, 5.41) is 14.8. The third-order valence-corrected chi connectivity index (χ3v) is 4.56. The van der Waals surface area contributed by atoms with Crippen LogP contribution in [0.15, 0.2) is 60.9 Å². The zero-order chi connectivity index (χ0) is 21.5. The fraction of sp³-hybridized carbons (Fsp3) is 0.227. The average Bonchev–Trinajstić information content (AvgIpc) is 2.74. The minimum atomic E-state index is -0.427. The Morgan fingerprint density at radius 2 is 1.83 bits per heavy atom. The number of pyridine rings is 2. The number of ketones is 1. The third kappa shape index (κ3) is 5.03. The number of rotatable bonds is 9. The predicted molar refractivity (Wildman–Crippen MR) is 115 cm³/mol. The van der Waals surface area contributed by atoms with Crippen molar-refractivity contribution in [2.24, 2.45) is 0 Å². The normalized spacial score (nSPS) is 10.8. The van der Waals surface area contributed by atoms with Crippen molar-refractivity contribution in [3.05, 3.63) is 87.9 Å². The molecular weight excluding hydrogens is 382 g/mol. The van der Waals surface area contributed by atoms with E-state index < -0.39 is 4.92 Å². The second-order valence-corrected chi connectivity index (χ2v) is 7.05. The zero-order valence-electron chi connectivity index (χ0n) is 16.9. The molecule has 3 rings (SSSR count). The molecule has 2 heterocycles. The van der Waals surface area contributed by atoms with Gasteiger partial charge in [-0.1, -0.05) is 18.2 Å². The van der Waals surface area contributed by atoms with E-state index in [2.05, 4.69) is 15.3 Å². The van der Waals surface area contributed by atoms with Crippen LogP contribution in [0.1, 0.15) is 28.0 Å². The van der Waals surface area contributed by atoms with Gasteiger partial charge in [0.25, 0.3) is 0 Å².